The molecular formula is C20H31N5. The van der Waals surface area contributed by atoms with Crippen LogP contribution in [0.2, 0.25) is 0 Å². The molecular weight excluding hydrogens is 310 g/mol. The molecule has 2 heterocycles. The summed E-state index contributed by atoms with van der Waals surface area (Å²) in [6.07, 6.45) is 9.92. The van der Waals surface area contributed by atoms with Crippen molar-refractivity contribution in [3.05, 3.63) is 24.4 Å². The van der Waals surface area contributed by atoms with E-state index in [0.29, 0.717) is 6.04 Å². The Morgan fingerprint density at radius 1 is 1.16 bits per heavy atom. The molecule has 25 heavy (non-hydrogen) atoms. The quantitative estimate of drug-likeness (QED) is 0.617. The highest BCUT2D eigenvalue weighted by atomic mass is 15.2. The first-order valence-electron chi connectivity index (χ1n) is 9.96. The van der Waals surface area contributed by atoms with Gasteiger partial charge in [0.25, 0.3) is 0 Å². The first-order valence-corrected chi connectivity index (χ1v) is 9.96. The smallest absolute Gasteiger partial charge is 0.191 e. The number of piperidine rings is 1. The highest BCUT2D eigenvalue weighted by Crippen LogP contribution is 2.48. The van der Waals surface area contributed by atoms with Gasteiger partial charge in [0.05, 0.1) is 0 Å². The monoisotopic (exact) mass is 341 g/mol. The zero-order chi connectivity index (χ0) is 17.1. The summed E-state index contributed by atoms with van der Waals surface area (Å²) in [5.74, 6) is 4.94. The van der Waals surface area contributed by atoms with Crippen LogP contribution in [0.25, 0.3) is 0 Å². The summed E-state index contributed by atoms with van der Waals surface area (Å²) in [5, 5.41) is 7.26. The van der Waals surface area contributed by atoms with Gasteiger partial charge in [-0.2, -0.15) is 0 Å². The van der Waals surface area contributed by atoms with Crippen molar-refractivity contribution in [2.24, 2.45) is 22.7 Å². The third-order valence-electron chi connectivity index (χ3n) is 5.99. The standard InChI is InChI=1S/C20H31N5/c1-21-20(23-14-18(15-5-6-15)16-7-8-16)24-17-9-12-25(13-10-17)19-4-2-3-11-22-19/h2-4,11,15-18H,5-10,12-14H2,1H3,(H2,21,23,24). The minimum Gasteiger partial charge on any atom is -0.356 e. The molecule has 136 valence electrons. The van der Waals surface area contributed by atoms with Crippen molar-refractivity contribution >= 4 is 11.8 Å². The van der Waals surface area contributed by atoms with Gasteiger partial charge in [0.15, 0.2) is 5.96 Å². The summed E-state index contributed by atoms with van der Waals surface area (Å²) >= 11 is 0. The number of aromatic nitrogens is 1. The first kappa shape index (κ1) is 16.7. The van der Waals surface area contributed by atoms with Crippen LogP contribution >= 0.6 is 0 Å². The van der Waals surface area contributed by atoms with Gasteiger partial charge in [-0.1, -0.05) is 6.07 Å². The molecule has 1 aromatic heterocycles. The molecule has 1 aromatic rings. The van der Waals surface area contributed by atoms with E-state index in [4.69, 9.17) is 0 Å². The van der Waals surface area contributed by atoms with Crippen molar-refractivity contribution in [1.29, 1.82) is 0 Å². The minimum absolute atomic E-state index is 0.506. The largest absolute Gasteiger partial charge is 0.356 e. The fourth-order valence-corrected chi connectivity index (χ4v) is 4.16. The molecule has 4 rings (SSSR count). The Balaban J connectivity index is 1.22. The zero-order valence-corrected chi connectivity index (χ0v) is 15.3. The van der Waals surface area contributed by atoms with Gasteiger partial charge in [-0.05, 0) is 68.4 Å². The predicted octanol–water partition coefficient (Wildman–Crippen LogP) is 2.65. The number of hydrogen-bond acceptors (Lipinski definition) is 3. The van der Waals surface area contributed by atoms with E-state index in [-0.39, 0.29) is 0 Å². The van der Waals surface area contributed by atoms with E-state index in [1.165, 1.54) is 25.7 Å². The summed E-state index contributed by atoms with van der Waals surface area (Å²) in [7, 11) is 1.89. The fraction of sp³-hybridized carbons (Fsp3) is 0.700. The molecule has 1 saturated heterocycles. The second kappa shape index (κ2) is 7.63. The lowest BCUT2D eigenvalue weighted by Gasteiger charge is -2.34. The third kappa shape index (κ3) is 4.44. The zero-order valence-electron chi connectivity index (χ0n) is 15.3. The molecule has 3 fully saturated rings. The van der Waals surface area contributed by atoms with Gasteiger partial charge in [-0.15, -0.1) is 0 Å². The van der Waals surface area contributed by atoms with E-state index in [1.54, 1.807) is 0 Å². The molecule has 5 nitrogen and oxygen atoms in total. The maximum Gasteiger partial charge on any atom is 0.191 e. The van der Waals surface area contributed by atoms with E-state index in [0.717, 1.165) is 62.0 Å². The molecule has 2 N–H and O–H groups in total. The van der Waals surface area contributed by atoms with Gasteiger partial charge in [0, 0.05) is 38.9 Å². The molecule has 0 spiro atoms. The Labute approximate surface area is 151 Å². The Morgan fingerprint density at radius 2 is 1.88 bits per heavy atom. The molecule has 0 unspecified atom stereocenters. The van der Waals surface area contributed by atoms with Gasteiger partial charge in [-0.3, -0.25) is 4.99 Å². The van der Waals surface area contributed by atoms with Crippen molar-refractivity contribution < 1.29 is 0 Å². The summed E-state index contributed by atoms with van der Waals surface area (Å²) < 4.78 is 0. The predicted molar refractivity (Wildman–Crippen MR) is 103 cm³/mol. The molecule has 0 atom stereocenters. The van der Waals surface area contributed by atoms with Crippen LogP contribution in [0.3, 0.4) is 0 Å². The summed E-state index contributed by atoms with van der Waals surface area (Å²) in [6.45, 7) is 3.21. The lowest BCUT2D eigenvalue weighted by Crippen LogP contribution is -2.49. The average molecular weight is 342 g/mol. The number of hydrogen-bond donors (Lipinski definition) is 2. The molecule has 0 radical (unpaired) electrons. The number of guanidine groups is 1. The van der Waals surface area contributed by atoms with Crippen LogP contribution in [0.4, 0.5) is 5.82 Å². The van der Waals surface area contributed by atoms with Gasteiger partial charge in [0.1, 0.15) is 5.82 Å². The Hall–Kier alpha value is -1.78. The number of nitrogens with one attached hydrogen (secondary N) is 2. The second-order valence-electron chi connectivity index (χ2n) is 7.89. The SMILES string of the molecule is CN=C(NCC(C1CC1)C1CC1)NC1CCN(c2ccccn2)CC1. The Morgan fingerprint density at radius 3 is 2.44 bits per heavy atom. The van der Waals surface area contributed by atoms with Gasteiger partial charge >= 0.3 is 0 Å². The van der Waals surface area contributed by atoms with Crippen LogP contribution < -0.4 is 15.5 Å². The number of pyridine rings is 1. The van der Waals surface area contributed by atoms with E-state index in [9.17, 15) is 0 Å². The number of aliphatic imine (C=N–C) groups is 1. The fourth-order valence-electron chi connectivity index (χ4n) is 4.16. The van der Waals surface area contributed by atoms with Crippen molar-refractivity contribution in [3.63, 3.8) is 0 Å². The maximum atomic E-state index is 4.47. The van der Waals surface area contributed by atoms with Gasteiger partial charge < -0.3 is 15.5 Å². The molecule has 1 aliphatic heterocycles. The van der Waals surface area contributed by atoms with Crippen molar-refractivity contribution in [1.82, 2.24) is 15.6 Å². The molecule has 0 aromatic carbocycles. The van der Waals surface area contributed by atoms with E-state index in [1.807, 2.05) is 19.3 Å². The highest BCUT2D eigenvalue weighted by Gasteiger charge is 2.41. The van der Waals surface area contributed by atoms with E-state index < -0.39 is 0 Å². The van der Waals surface area contributed by atoms with E-state index >= 15 is 0 Å². The molecule has 0 bridgehead atoms. The second-order valence-corrected chi connectivity index (χ2v) is 7.89. The highest BCUT2D eigenvalue weighted by molar-refractivity contribution is 5.80. The molecule has 3 aliphatic rings. The Bertz CT molecular complexity index is 559. The van der Waals surface area contributed by atoms with Crippen LogP contribution in [0.1, 0.15) is 38.5 Å². The number of anilines is 1. The maximum absolute atomic E-state index is 4.47. The van der Waals surface area contributed by atoms with Gasteiger partial charge in [0.2, 0.25) is 0 Å². The van der Waals surface area contributed by atoms with Crippen molar-refractivity contribution in [2.45, 2.75) is 44.6 Å². The third-order valence-corrected chi connectivity index (χ3v) is 5.99. The van der Waals surface area contributed by atoms with Crippen molar-refractivity contribution in [3.8, 4) is 0 Å². The normalized spacial score (nSPS) is 22.3. The van der Waals surface area contributed by atoms with Crippen LogP contribution in [-0.4, -0.2) is 43.7 Å². The lowest BCUT2D eigenvalue weighted by molar-refractivity contribution is 0.396. The average Bonchev–Trinajstić information content (AvgIpc) is 3.56. The number of rotatable bonds is 6. The summed E-state index contributed by atoms with van der Waals surface area (Å²) in [5.41, 5.74) is 0. The molecule has 5 heteroatoms. The summed E-state index contributed by atoms with van der Waals surface area (Å²) in [6, 6.07) is 6.65. The molecule has 2 saturated carbocycles. The van der Waals surface area contributed by atoms with Crippen LogP contribution in [0.5, 0.6) is 0 Å². The lowest BCUT2D eigenvalue weighted by atomic mass is 9.98. The van der Waals surface area contributed by atoms with Crippen LogP contribution in [0, 0.1) is 17.8 Å². The minimum atomic E-state index is 0.506. The van der Waals surface area contributed by atoms with Crippen molar-refractivity contribution in [2.75, 3.05) is 31.6 Å². The topological polar surface area (TPSA) is 52.6 Å². The number of nitrogens with zero attached hydrogens (tertiary/aromatic N) is 3. The molecule has 0 amide bonds. The van der Waals surface area contributed by atoms with Crippen LogP contribution in [0.15, 0.2) is 29.4 Å². The van der Waals surface area contributed by atoms with E-state index in [2.05, 4.69) is 37.6 Å². The van der Waals surface area contributed by atoms with Crippen LogP contribution in [-0.2, 0) is 0 Å². The molecule has 2 aliphatic carbocycles. The summed E-state index contributed by atoms with van der Waals surface area (Å²) in [4.78, 5) is 11.3. The Kier molecular flexibility index (Phi) is 5.09. The van der Waals surface area contributed by atoms with Gasteiger partial charge in [-0.25, -0.2) is 4.98 Å². The first-order chi connectivity index (χ1) is 12.3.